The molecule has 0 bridgehead atoms. The standard InChI is InChI=1S/C17H15BrFNO/c1-2-20-16(17-14(18)9-10-21-17)13-7-8-15(19)12-6-4-3-5-11(12)13/h3-10,16,20H,2H2,1H3. The Morgan fingerprint density at radius 3 is 2.57 bits per heavy atom. The van der Waals surface area contributed by atoms with Gasteiger partial charge in [0.2, 0.25) is 0 Å². The van der Waals surface area contributed by atoms with E-state index >= 15 is 0 Å². The Morgan fingerprint density at radius 2 is 1.90 bits per heavy atom. The number of hydrogen-bond acceptors (Lipinski definition) is 2. The van der Waals surface area contributed by atoms with Crippen LogP contribution in [0.4, 0.5) is 4.39 Å². The molecule has 3 aromatic rings. The van der Waals surface area contributed by atoms with Gasteiger partial charge < -0.3 is 9.73 Å². The first-order valence-electron chi connectivity index (χ1n) is 6.85. The minimum atomic E-state index is -0.205. The average molecular weight is 348 g/mol. The Kier molecular flexibility index (Phi) is 4.08. The van der Waals surface area contributed by atoms with E-state index < -0.39 is 0 Å². The summed E-state index contributed by atoms with van der Waals surface area (Å²) in [5.41, 5.74) is 1.00. The topological polar surface area (TPSA) is 25.2 Å². The molecule has 0 aliphatic heterocycles. The normalized spacial score (nSPS) is 12.7. The highest BCUT2D eigenvalue weighted by atomic mass is 79.9. The molecule has 0 saturated heterocycles. The highest BCUT2D eigenvalue weighted by molar-refractivity contribution is 9.10. The van der Waals surface area contributed by atoms with Crippen LogP contribution in [0.25, 0.3) is 10.8 Å². The molecule has 108 valence electrons. The van der Waals surface area contributed by atoms with Crippen molar-refractivity contribution in [3.05, 3.63) is 70.3 Å². The van der Waals surface area contributed by atoms with E-state index in [1.807, 2.05) is 37.3 Å². The maximum Gasteiger partial charge on any atom is 0.139 e. The zero-order valence-corrected chi connectivity index (χ0v) is 13.2. The number of hydrogen-bond donors (Lipinski definition) is 1. The van der Waals surface area contributed by atoms with Gasteiger partial charge in [-0.25, -0.2) is 4.39 Å². The van der Waals surface area contributed by atoms with Gasteiger partial charge in [-0.05, 0) is 45.6 Å². The molecule has 1 N–H and O–H groups in total. The van der Waals surface area contributed by atoms with Gasteiger partial charge in [0.05, 0.1) is 16.8 Å². The van der Waals surface area contributed by atoms with Crippen LogP contribution in [0.5, 0.6) is 0 Å². The van der Waals surface area contributed by atoms with E-state index in [1.165, 1.54) is 6.07 Å². The zero-order chi connectivity index (χ0) is 14.8. The lowest BCUT2D eigenvalue weighted by Gasteiger charge is -2.19. The third kappa shape index (κ3) is 2.61. The summed E-state index contributed by atoms with van der Waals surface area (Å²) < 4.78 is 20.5. The SMILES string of the molecule is CCNC(c1occc1Br)c1ccc(F)c2ccccc12. The van der Waals surface area contributed by atoms with E-state index in [-0.39, 0.29) is 11.9 Å². The first-order valence-corrected chi connectivity index (χ1v) is 7.65. The largest absolute Gasteiger partial charge is 0.466 e. The van der Waals surface area contributed by atoms with Crippen molar-refractivity contribution in [3.8, 4) is 0 Å². The highest BCUT2D eigenvalue weighted by Gasteiger charge is 2.21. The van der Waals surface area contributed by atoms with Gasteiger partial charge in [0.15, 0.2) is 0 Å². The monoisotopic (exact) mass is 347 g/mol. The molecule has 2 aromatic carbocycles. The molecule has 4 heteroatoms. The van der Waals surface area contributed by atoms with E-state index in [1.54, 1.807) is 12.3 Å². The Morgan fingerprint density at radius 1 is 1.14 bits per heavy atom. The fraction of sp³-hybridized carbons (Fsp3) is 0.176. The summed E-state index contributed by atoms with van der Waals surface area (Å²) in [5.74, 6) is 0.594. The van der Waals surface area contributed by atoms with Crippen LogP contribution < -0.4 is 5.32 Å². The second-order valence-electron chi connectivity index (χ2n) is 4.81. The summed E-state index contributed by atoms with van der Waals surface area (Å²) in [5, 5.41) is 4.93. The second-order valence-corrected chi connectivity index (χ2v) is 5.66. The van der Waals surface area contributed by atoms with Gasteiger partial charge in [-0.1, -0.05) is 37.3 Å². The lowest BCUT2D eigenvalue weighted by molar-refractivity contribution is 0.451. The van der Waals surface area contributed by atoms with Gasteiger partial charge in [0, 0.05) is 5.39 Å². The fourth-order valence-corrected chi connectivity index (χ4v) is 3.03. The van der Waals surface area contributed by atoms with Crippen LogP contribution in [0.1, 0.15) is 24.3 Å². The van der Waals surface area contributed by atoms with Crippen molar-refractivity contribution >= 4 is 26.7 Å². The summed E-state index contributed by atoms with van der Waals surface area (Å²) in [6, 6.07) is 12.6. The van der Waals surface area contributed by atoms with Gasteiger partial charge in [0.1, 0.15) is 11.6 Å². The van der Waals surface area contributed by atoms with Crippen molar-refractivity contribution < 1.29 is 8.81 Å². The Hall–Kier alpha value is -1.65. The van der Waals surface area contributed by atoms with Gasteiger partial charge in [-0.3, -0.25) is 0 Å². The summed E-state index contributed by atoms with van der Waals surface area (Å²) in [4.78, 5) is 0. The van der Waals surface area contributed by atoms with Crippen LogP contribution in [0.15, 0.2) is 57.6 Å². The lowest BCUT2D eigenvalue weighted by atomic mass is 9.97. The summed E-state index contributed by atoms with van der Waals surface area (Å²) in [6.07, 6.45) is 1.65. The van der Waals surface area contributed by atoms with Gasteiger partial charge in [-0.2, -0.15) is 0 Å². The van der Waals surface area contributed by atoms with E-state index in [2.05, 4.69) is 21.2 Å². The van der Waals surface area contributed by atoms with Crippen LogP contribution in [0, 0.1) is 5.82 Å². The zero-order valence-electron chi connectivity index (χ0n) is 11.6. The summed E-state index contributed by atoms with van der Waals surface area (Å²) in [6.45, 7) is 2.82. The molecule has 0 spiro atoms. The number of halogens is 2. The summed E-state index contributed by atoms with van der Waals surface area (Å²) >= 11 is 3.50. The van der Waals surface area contributed by atoms with Crippen molar-refractivity contribution in [2.24, 2.45) is 0 Å². The van der Waals surface area contributed by atoms with Crippen molar-refractivity contribution in [2.75, 3.05) is 6.54 Å². The first kappa shape index (κ1) is 14.3. The molecule has 1 heterocycles. The number of furan rings is 1. The lowest BCUT2D eigenvalue weighted by Crippen LogP contribution is -2.22. The first-order chi connectivity index (χ1) is 10.2. The summed E-state index contributed by atoms with van der Waals surface area (Å²) in [7, 11) is 0. The predicted octanol–water partition coefficient (Wildman–Crippen LogP) is 5.03. The van der Waals surface area contributed by atoms with Crippen LogP contribution in [-0.2, 0) is 0 Å². The quantitative estimate of drug-likeness (QED) is 0.715. The Balaban J connectivity index is 2.21. The minimum Gasteiger partial charge on any atom is -0.466 e. The molecule has 0 fully saturated rings. The third-order valence-electron chi connectivity index (χ3n) is 3.53. The van der Waals surface area contributed by atoms with Crippen molar-refractivity contribution in [3.63, 3.8) is 0 Å². The molecule has 2 nitrogen and oxygen atoms in total. The highest BCUT2D eigenvalue weighted by Crippen LogP contribution is 2.34. The second kappa shape index (κ2) is 6.00. The molecule has 0 aliphatic rings. The predicted molar refractivity (Wildman–Crippen MR) is 85.8 cm³/mol. The van der Waals surface area contributed by atoms with Crippen molar-refractivity contribution in [1.82, 2.24) is 5.32 Å². The smallest absolute Gasteiger partial charge is 0.139 e. The van der Waals surface area contributed by atoms with Gasteiger partial charge in [0.25, 0.3) is 0 Å². The third-order valence-corrected chi connectivity index (χ3v) is 4.19. The molecule has 0 saturated carbocycles. The molecule has 0 aliphatic carbocycles. The molecule has 1 unspecified atom stereocenters. The number of fused-ring (bicyclic) bond motifs is 1. The number of rotatable bonds is 4. The van der Waals surface area contributed by atoms with Gasteiger partial charge in [-0.15, -0.1) is 0 Å². The maximum absolute atomic E-state index is 14.0. The molecule has 21 heavy (non-hydrogen) atoms. The molecule has 1 atom stereocenters. The fourth-order valence-electron chi connectivity index (χ4n) is 2.60. The molecular weight excluding hydrogens is 333 g/mol. The van der Waals surface area contributed by atoms with Gasteiger partial charge >= 0.3 is 0 Å². The average Bonchev–Trinajstić information content (AvgIpc) is 2.92. The maximum atomic E-state index is 14.0. The molecule has 3 rings (SSSR count). The molecule has 0 amide bonds. The minimum absolute atomic E-state index is 0.120. The van der Waals surface area contributed by atoms with E-state index in [4.69, 9.17) is 4.42 Å². The Labute approximate surface area is 131 Å². The molecule has 0 radical (unpaired) electrons. The number of nitrogens with one attached hydrogen (secondary N) is 1. The van der Waals surface area contributed by atoms with Crippen LogP contribution >= 0.6 is 15.9 Å². The molecular formula is C17H15BrFNO. The van der Waals surface area contributed by atoms with Crippen LogP contribution in [0.3, 0.4) is 0 Å². The van der Waals surface area contributed by atoms with E-state index in [9.17, 15) is 4.39 Å². The van der Waals surface area contributed by atoms with E-state index in [0.29, 0.717) is 5.39 Å². The molecule has 1 aromatic heterocycles. The van der Waals surface area contributed by atoms with E-state index in [0.717, 1.165) is 27.7 Å². The van der Waals surface area contributed by atoms with Crippen molar-refractivity contribution in [1.29, 1.82) is 0 Å². The number of benzene rings is 2. The van der Waals surface area contributed by atoms with Crippen molar-refractivity contribution in [2.45, 2.75) is 13.0 Å². The van der Waals surface area contributed by atoms with Crippen LogP contribution in [0.2, 0.25) is 0 Å². The Bertz CT molecular complexity index is 768. The van der Waals surface area contributed by atoms with Crippen LogP contribution in [-0.4, -0.2) is 6.54 Å².